The number of nitro groups is 1. The van der Waals surface area contributed by atoms with Crippen LogP contribution in [0.3, 0.4) is 0 Å². The Bertz CT molecular complexity index is 968. The molecule has 2 heterocycles. The van der Waals surface area contributed by atoms with Crippen LogP contribution in [-0.2, 0) is 13.0 Å². The number of nitrogens with zero attached hydrogens (tertiary/aromatic N) is 3. The maximum atomic E-state index is 13.1. The summed E-state index contributed by atoms with van der Waals surface area (Å²) in [7, 11) is 3.67. The molecular formula is C22H27N4O4+. The molecule has 1 fully saturated rings. The lowest BCUT2D eigenvalue weighted by molar-refractivity contribution is -0.917. The van der Waals surface area contributed by atoms with Crippen molar-refractivity contribution in [1.82, 2.24) is 4.90 Å². The lowest BCUT2D eigenvalue weighted by Crippen LogP contribution is -3.13. The first kappa shape index (κ1) is 20.2. The highest BCUT2D eigenvalue weighted by molar-refractivity contribution is 6.00. The lowest BCUT2D eigenvalue weighted by Gasteiger charge is -2.33. The van der Waals surface area contributed by atoms with Crippen LogP contribution in [0.5, 0.6) is 5.75 Å². The molecule has 2 aromatic rings. The van der Waals surface area contributed by atoms with Crippen molar-refractivity contribution < 1.29 is 19.4 Å². The van der Waals surface area contributed by atoms with Crippen molar-refractivity contribution in [1.29, 1.82) is 0 Å². The summed E-state index contributed by atoms with van der Waals surface area (Å²) in [4.78, 5) is 28.9. The third kappa shape index (κ3) is 4.09. The van der Waals surface area contributed by atoms with Gasteiger partial charge in [0.25, 0.3) is 11.6 Å². The number of hydrogen-bond acceptors (Lipinski definition) is 5. The fourth-order valence-electron chi connectivity index (χ4n) is 4.21. The highest BCUT2D eigenvalue weighted by atomic mass is 16.6. The van der Waals surface area contributed by atoms with Crippen LogP contribution in [0.1, 0.15) is 21.5 Å². The van der Waals surface area contributed by atoms with E-state index < -0.39 is 4.92 Å². The van der Waals surface area contributed by atoms with E-state index in [-0.39, 0.29) is 11.6 Å². The minimum Gasteiger partial charge on any atom is -0.493 e. The van der Waals surface area contributed by atoms with Gasteiger partial charge >= 0.3 is 0 Å². The molecule has 2 aromatic carbocycles. The van der Waals surface area contributed by atoms with Gasteiger partial charge in [-0.1, -0.05) is 0 Å². The number of piperazine rings is 1. The summed E-state index contributed by atoms with van der Waals surface area (Å²) in [5.74, 6) is 0.856. The number of quaternary nitrogens is 1. The first-order valence-corrected chi connectivity index (χ1v) is 10.3. The van der Waals surface area contributed by atoms with Crippen molar-refractivity contribution in [2.45, 2.75) is 13.0 Å². The van der Waals surface area contributed by atoms with E-state index in [2.05, 4.69) is 18.2 Å². The SMILES string of the molecule is CN(C)c1ccc([N+](=O)[O-])cc1C(=O)N1CC[NH+](Cc2ccc3c(c2)CCO3)CC1. The van der Waals surface area contributed by atoms with Crippen LogP contribution < -0.4 is 14.5 Å². The molecule has 0 atom stereocenters. The Morgan fingerprint density at radius 1 is 1.20 bits per heavy atom. The van der Waals surface area contributed by atoms with E-state index in [0.29, 0.717) is 24.3 Å². The number of hydrogen-bond donors (Lipinski definition) is 1. The molecule has 0 unspecified atom stereocenters. The third-order valence-electron chi connectivity index (χ3n) is 5.87. The molecule has 0 aromatic heterocycles. The number of rotatable bonds is 5. The normalized spacial score (nSPS) is 16.1. The molecule has 2 aliphatic rings. The van der Waals surface area contributed by atoms with E-state index >= 15 is 0 Å². The highest BCUT2D eigenvalue weighted by Gasteiger charge is 2.28. The number of nitrogens with one attached hydrogen (secondary N) is 1. The van der Waals surface area contributed by atoms with Crippen molar-refractivity contribution in [3.63, 3.8) is 0 Å². The summed E-state index contributed by atoms with van der Waals surface area (Å²) in [6, 6.07) is 10.9. The topological polar surface area (TPSA) is 80.4 Å². The van der Waals surface area contributed by atoms with Crippen molar-refractivity contribution in [2.24, 2.45) is 0 Å². The fourth-order valence-corrected chi connectivity index (χ4v) is 4.21. The predicted molar refractivity (Wildman–Crippen MR) is 113 cm³/mol. The third-order valence-corrected chi connectivity index (χ3v) is 5.87. The van der Waals surface area contributed by atoms with E-state index in [9.17, 15) is 14.9 Å². The Morgan fingerprint density at radius 3 is 2.67 bits per heavy atom. The second-order valence-electron chi connectivity index (χ2n) is 8.11. The average molecular weight is 411 g/mol. The van der Waals surface area contributed by atoms with Gasteiger partial charge in [-0.05, 0) is 29.8 Å². The van der Waals surface area contributed by atoms with Crippen molar-refractivity contribution in [3.8, 4) is 5.75 Å². The van der Waals surface area contributed by atoms with E-state index in [1.165, 1.54) is 28.2 Å². The number of anilines is 1. The van der Waals surface area contributed by atoms with Gasteiger partial charge in [-0.3, -0.25) is 14.9 Å². The van der Waals surface area contributed by atoms with Crippen molar-refractivity contribution in [2.75, 3.05) is 51.8 Å². The Kier molecular flexibility index (Phi) is 5.59. The van der Waals surface area contributed by atoms with Crippen LogP contribution in [0.2, 0.25) is 0 Å². The van der Waals surface area contributed by atoms with Gasteiger partial charge in [-0.25, -0.2) is 0 Å². The molecule has 1 amide bonds. The van der Waals surface area contributed by atoms with E-state index in [1.807, 2.05) is 23.9 Å². The standard InChI is InChI=1S/C22H26N4O4/c1-23(2)20-5-4-18(26(28)29)14-19(20)22(27)25-10-8-24(9-11-25)15-16-3-6-21-17(13-16)7-12-30-21/h3-6,13-14H,7-12,15H2,1-2H3/p+1. The molecule has 0 spiro atoms. The fraction of sp³-hybridized carbons (Fsp3) is 0.409. The zero-order valence-electron chi connectivity index (χ0n) is 17.4. The molecule has 8 heteroatoms. The number of carbonyl (C=O) groups excluding carboxylic acids is 1. The Hall–Kier alpha value is -3.13. The molecule has 1 N–H and O–H groups in total. The Labute approximate surface area is 175 Å². The van der Waals surface area contributed by atoms with Gasteiger partial charge in [0, 0.05) is 43.9 Å². The Balaban J connectivity index is 1.42. The maximum Gasteiger partial charge on any atom is 0.270 e. The van der Waals surface area contributed by atoms with Gasteiger partial charge in [0.15, 0.2) is 0 Å². The summed E-state index contributed by atoms with van der Waals surface area (Å²) in [5.41, 5.74) is 3.59. The van der Waals surface area contributed by atoms with E-state index in [4.69, 9.17) is 4.74 Å². The van der Waals surface area contributed by atoms with Crippen LogP contribution in [0.15, 0.2) is 36.4 Å². The molecular weight excluding hydrogens is 384 g/mol. The van der Waals surface area contributed by atoms with Crippen LogP contribution in [0, 0.1) is 10.1 Å². The van der Waals surface area contributed by atoms with Gasteiger partial charge in [-0.2, -0.15) is 0 Å². The molecule has 158 valence electrons. The van der Waals surface area contributed by atoms with Gasteiger partial charge < -0.3 is 19.4 Å². The number of amides is 1. The van der Waals surface area contributed by atoms with Gasteiger partial charge in [-0.15, -0.1) is 0 Å². The van der Waals surface area contributed by atoms with Crippen molar-refractivity contribution >= 4 is 17.3 Å². The lowest BCUT2D eigenvalue weighted by atomic mass is 10.1. The first-order chi connectivity index (χ1) is 14.4. The molecule has 1 saturated heterocycles. The minimum absolute atomic E-state index is 0.0613. The molecule has 4 rings (SSSR count). The van der Waals surface area contributed by atoms with E-state index in [0.717, 1.165) is 38.4 Å². The molecule has 0 saturated carbocycles. The first-order valence-electron chi connectivity index (χ1n) is 10.3. The van der Waals surface area contributed by atoms with E-state index in [1.54, 1.807) is 6.07 Å². The summed E-state index contributed by atoms with van der Waals surface area (Å²) < 4.78 is 5.58. The van der Waals surface area contributed by atoms with Gasteiger partial charge in [0.05, 0.1) is 43.3 Å². The van der Waals surface area contributed by atoms with Crippen LogP contribution in [0.25, 0.3) is 0 Å². The maximum absolute atomic E-state index is 13.1. The predicted octanol–water partition coefficient (Wildman–Crippen LogP) is 1.14. The summed E-state index contributed by atoms with van der Waals surface area (Å²) in [6.45, 7) is 4.67. The number of benzene rings is 2. The summed E-state index contributed by atoms with van der Waals surface area (Å²) in [5, 5.41) is 11.2. The molecule has 0 radical (unpaired) electrons. The van der Waals surface area contributed by atoms with Crippen LogP contribution in [0.4, 0.5) is 11.4 Å². The molecule has 8 nitrogen and oxygen atoms in total. The number of nitro benzene ring substituents is 1. The second kappa shape index (κ2) is 8.31. The minimum atomic E-state index is -0.458. The molecule has 30 heavy (non-hydrogen) atoms. The van der Waals surface area contributed by atoms with Crippen LogP contribution >= 0.6 is 0 Å². The van der Waals surface area contributed by atoms with Crippen molar-refractivity contribution in [3.05, 3.63) is 63.2 Å². The Morgan fingerprint density at radius 2 is 1.97 bits per heavy atom. The zero-order chi connectivity index (χ0) is 21.3. The molecule has 0 bridgehead atoms. The molecule has 0 aliphatic carbocycles. The number of carbonyl (C=O) groups is 1. The van der Waals surface area contributed by atoms with Gasteiger partial charge in [0.2, 0.25) is 0 Å². The zero-order valence-corrected chi connectivity index (χ0v) is 17.4. The average Bonchev–Trinajstić information content (AvgIpc) is 3.21. The summed E-state index contributed by atoms with van der Waals surface area (Å²) in [6.07, 6.45) is 0.970. The monoisotopic (exact) mass is 411 g/mol. The smallest absolute Gasteiger partial charge is 0.270 e. The molecule has 2 aliphatic heterocycles. The highest BCUT2D eigenvalue weighted by Crippen LogP contribution is 2.26. The summed E-state index contributed by atoms with van der Waals surface area (Å²) >= 11 is 0. The van der Waals surface area contributed by atoms with Crippen LogP contribution in [-0.4, -0.2) is 62.6 Å². The second-order valence-corrected chi connectivity index (χ2v) is 8.11. The number of non-ortho nitro benzene ring substituents is 1. The number of ether oxygens (including phenoxy) is 1. The largest absolute Gasteiger partial charge is 0.493 e. The quantitative estimate of drug-likeness (QED) is 0.590. The van der Waals surface area contributed by atoms with Gasteiger partial charge in [0.1, 0.15) is 12.3 Å². The number of fused-ring (bicyclic) bond motifs is 1.